The molecule has 22 heavy (non-hydrogen) atoms. The second-order valence-electron chi connectivity index (χ2n) is 4.56. The van der Waals surface area contributed by atoms with Gasteiger partial charge in [0.15, 0.2) is 5.78 Å². The molecule has 2 rings (SSSR count). The molecular weight excluding hydrogens is 276 g/mol. The molecule has 0 aliphatic heterocycles. The van der Waals surface area contributed by atoms with E-state index in [2.05, 4.69) is 6.58 Å². The van der Waals surface area contributed by atoms with Crippen LogP contribution in [0.4, 0.5) is 0 Å². The molecule has 0 amide bonds. The maximum absolute atomic E-state index is 11.7. The van der Waals surface area contributed by atoms with Crippen LogP contribution in [0.3, 0.4) is 0 Å². The minimum Gasteiger partial charge on any atom is -0.478 e. The van der Waals surface area contributed by atoms with E-state index in [-0.39, 0.29) is 11.4 Å². The van der Waals surface area contributed by atoms with Crippen LogP contribution in [0.1, 0.15) is 22.8 Å². The summed E-state index contributed by atoms with van der Waals surface area (Å²) in [6.07, 6.45) is 3.43. The predicted octanol–water partition coefficient (Wildman–Crippen LogP) is 4.23. The van der Waals surface area contributed by atoms with Crippen molar-refractivity contribution in [2.45, 2.75) is 6.92 Å². The summed E-state index contributed by atoms with van der Waals surface area (Å²) < 4.78 is 0. The van der Waals surface area contributed by atoms with E-state index in [9.17, 15) is 9.59 Å². The maximum atomic E-state index is 11.7. The van der Waals surface area contributed by atoms with Gasteiger partial charge in [0.25, 0.3) is 0 Å². The van der Waals surface area contributed by atoms with Crippen LogP contribution in [-0.4, -0.2) is 16.9 Å². The minimum absolute atomic E-state index is 0.0319. The van der Waals surface area contributed by atoms with Crippen molar-refractivity contribution < 1.29 is 14.7 Å². The number of allylic oxidation sites excluding steroid dienone is 1. The molecule has 0 saturated heterocycles. The molecule has 1 N–H and O–H groups in total. The molecule has 0 spiro atoms. The molecule has 3 heteroatoms. The first-order valence-corrected chi connectivity index (χ1v) is 6.72. The Kier molecular flexibility index (Phi) is 7.06. The lowest BCUT2D eigenvalue weighted by molar-refractivity contribution is -0.132. The molecule has 0 aliphatic rings. The van der Waals surface area contributed by atoms with Crippen molar-refractivity contribution in [3.05, 3.63) is 90.0 Å². The van der Waals surface area contributed by atoms with Gasteiger partial charge in [0.1, 0.15) is 0 Å². The fourth-order valence-electron chi connectivity index (χ4n) is 1.43. The van der Waals surface area contributed by atoms with E-state index in [0.29, 0.717) is 0 Å². The second kappa shape index (κ2) is 9.08. The number of rotatable bonds is 4. The first-order chi connectivity index (χ1) is 10.5. The standard InChI is InChI=1S/C15H12O.C4H6O2/c16-15(14-9-5-2-6-10-14)12-11-13-7-3-1-4-8-13;1-3(2)4(5)6/h1-12H;1H2,2H3,(H,5,6)/b12-11+;. The average molecular weight is 294 g/mol. The number of carbonyl (C=O) groups is 2. The number of carboxylic acid groups (broad SMARTS) is 1. The Labute approximate surface area is 130 Å². The highest BCUT2D eigenvalue weighted by atomic mass is 16.4. The lowest BCUT2D eigenvalue weighted by Gasteiger charge is -1.94. The zero-order valence-electron chi connectivity index (χ0n) is 12.4. The van der Waals surface area contributed by atoms with E-state index in [1.54, 1.807) is 6.08 Å². The number of benzene rings is 2. The van der Waals surface area contributed by atoms with Crippen molar-refractivity contribution >= 4 is 17.8 Å². The van der Waals surface area contributed by atoms with Crippen molar-refractivity contribution in [3.63, 3.8) is 0 Å². The summed E-state index contributed by atoms with van der Waals surface area (Å²) in [7, 11) is 0. The maximum Gasteiger partial charge on any atom is 0.330 e. The third kappa shape index (κ3) is 6.48. The Morgan fingerprint density at radius 3 is 1.86 bits per heavy atom. The van der Waals surface area contributed by atoms with Gasteiger partial charge in [-0.1, -0.05) is 73.3 Å². The summed E-state index contributed by atoms with van der Waals surface area (Å²) in [5.41, 5.74) is 1.93. The second-order valence-corrected chi connectivity index (χ2v) is 4.56. The zero-order chi connectivity index (χ0) is 16.4. The SMILES string of the molecule is C=C(C)C(=O)O.O=C(/C=C/c1ccccc1)c1ccccc1. The highest BCUT2D eigenvalue weighted by Crippen LogP contribution is 2.05. The fraction of sp³-hybridized carbons (Fsp3) is 0.0526. The monoisotopic (exact) mass is 294 g/mol. The quantitative estimate of drug-likeness (QED) is 0.678. The van der Waals surface area contributed by atoms with Gasteiger partial charge < -0.3 is 5.11 Å². The van der Waals surface area contributed by atoms with Gasteiger partial charge in [0.2, 0.25) is 0 Å². The topological polar surface area (TPSA) is 54.4 Å². The van der Waals surface area contributed by atoms with Crippen LogP contribution in [0, 0.1) is 0 Å². The van der Waals surface area contributed by atoms with Gasteiger partial charge in [-0.05, 0) is 18.6 Å². The van der Waals surface area contributed by atoms with Crippen LogP contribution < -0.4 is 0 Å². The number of hydrogen-bond donors (Lipinski definition) is 1. The van der Waals surface area contributed by atoms with Crippen molar-refractivity contribution in [1.82, 2.24) is 0 Å². The molecule has 0 aliphatic carbocycles. The molecule has 2 aromatic rings. The Bertz CT molecular complexity index is 644. The van der Waals surface area contributed by atoms with Crippen LogP contribution >= 0.6 is 0 Å². The number of ketones is 1. The summed E-state index contributed by atoms with van der Waals surface area (Å²) in [6, 6.07) is 19.1. The molecule has 0 atom stereocenters. The van der Waals surface area contributed by atoms with Gasteiger partial charge >= 0.3 is 5.97 Å². The van der Waals surface area contributed by atoms with Crippen molar-refractivity contribution in [2.24, 2.45) is 0 Å². The van der Waals surface area contributed by atoms with E-state index in [0.717, 1.165) is 11.1 Å². The van der Waals surface area contributed by atoms with Gasteiger partial charge in [0, 0.05) is 11.1 Å². The van der Waals surface area contributed by atoms with Crippen molar-refractivity contribution in [3.8, 4) is 0 Å². The molecule has 0 saturated carbocycles. The first-order valence-electron chi connectivity index (χ1n) is 6.72. The molecule has 0 aromatic heterocycles. The minimum atomic E-state index is -0.935. The van der Waals surface area contributed by atoms with Crippen LogP contribution in [-0.2, 0) is 4.79 Å². The van der Waals surface area contributed by atoms with Gasteiger partial charge in [0.05, 0.1) is 0 Å². The molecular formula is C19H18O3. The Balaban J connectivity index is 0.000000346. The van der Waals surface area contributed by atoms with Crippen LogP contribution in [0.15, 0.2) is 78.9 Å². The molecule has 2 aromatic carbocycles. The third-order valence-electron chi connectivity index (χ3n) is 2.65. The number of carbonyl (C=O) groups excluding carboxylic acids is 1. The zero-order valence-corrected chi connectivity index (χ0v) is 12.4. The normalized spacial score (nSPS) is 9.68. The van der Waals surface area contributed by atoms with Crippen LogP contribution in [0.2, 0.25) is 0 Å². The summed E-state index contributed by atoms with van der Waals surface area (Å²) in [5.74, 6) is -0.903. The Hall–Kier alpha value is -2.94. The molecule has 0 bridgehead atoms. The van der Waals surface area contributed by atoms with Gasteiger partial charge in [-0.25, -0.2) is 4.79 Å². The van der Waals surface area contributed by atoms with Gasteiger partial charge in [-0.3, -0.25) is 4.79 Å². The largest absolute Gasteiger partial charge is 0.478 e. The van der Waals surface area contributed by atoms with Gasteiger partial charge in [-0.15, -0.1) is 0 Å². The summed E-state index contributed by atoms with van der Waals surface area (Å²) in [4.78, 5) is 21.3. The molecule has 3 nitrogen and oxygen atoms in total. The number of hydrogen-bond acceptors (Lipinski definition) is 2. The van der Waals surface area contributed by atoms with Crippen LogP contribution in [0.5, 0.6) is 0 Å². The molecule has 112 valence electrons. The van der Waals surface area contributed by atoms with E-state index >= 15 is 0 Å². The van der Waals surface area contributed by atoms with E-state index in [1.165, 1.54) is 6.92 Å². The smallest absolute Gasteiger partial charge is 0.330 e. The van der Waals surface area contributed by atoms with E-state index in [4.69, 9.17) is 5.11 Å². The lowest BCUT2D eigenvalue weighted by Crippen LogP contribution is -1.92. The first kappa shape index (κ1) is 17.1. The molecule has 0 fully saturated rings. The van der Waals surface area contributed by atoms with Crippen LogP contribution in [0.25, 0.3) is 6.08 Å². The van der Waals surface area contributed by atoms with E-state index in [1.807, 2.05) is 66.7 Å². The molecule has 0 heterocycles. The average Bonchev–Trinajstić information content (AvgIpc) is 2.55. The third-order valence-corrected chi connectivity index (χ3v) is 2.65. The van der Waals surface area contributed by atoms with Gasteiger partial charge in [-0.2, -0.15) is 0 Å². The summed E-state index contributed by atoms with van der Waals surface area (Å²) >= 11 is 0. The van der Waals surface area contributed by atoms with E-state index < -0.39 is 5.97 Å². The van der Waals surface area contributed by atoms with Crippen molar-refractivity contribution in [2.75, 3.05) is 0 Å². The number of carboxylic acids is 1. The highest BCUT2D eigenvalue weighted by Gasteiger charge is 1.98. The summed E-state index contributed by atoms with van der Waals surface area (Å²) in [6.45, 7) is 4.60. The predicted molar refractivity (Wildman–Crippen MR) is 88.7 cm³/mol. The fourth-order valence-corrected chi connectivity index (χ4v) is 1.43. The Morgan fingerprint density at radius 1 is 0.955 bits per heavy atom. The highest BCUT2D eigenvalue weighted by molar-refractivity contribution is 6.06. The Morgan fingerprint density at radius 2 is 1.41 bits per heavy atom. The van der Waals surface area contributed by atoms with Crippen molar-refractivity contribution in [1.29, 1.82) is 0 Å². The number of aliphatic carboxylic acids is 1. The molecule has 0 radical (unpaired) electrons. The lowest BCUT2D eigenvalue weighted by atomic mass is 10.1. The summed E-state index contributed by atoms with van der Waals surface area (Å²) in [5, 5.41) is 7.89. The molecule has 0 unspecified atom stereocenters.